The van der Waals surface area contributed by atoms with Crippen molar-refractivity contribution < 1.29 is 60.6 Å². The number of benzene rings is 2. The van der Waals surface area contributed by atoms with E-state index in [1.54, 1.807) is 18.2 Å². The summed E-state index contributed by atoms with van der Waals surface area (Å²) in [7, 11) is 0. The molecule has 0 saturated heterocycles. The smallest absolute Gasteiger partial charge is 0.416 e. The summed E-state index contributed by atoms with van der Waals surface area (Å²) in [5.74, 6) is -0.623. The molecule has 1 N–H and O–H groups in total. The van der Waals surface area contributed by atoms with Gasteiger partial charge in [-0.25, -0.2) is 4.79 Å². The molecular weight excluding hydrogens is 808 g/mol. The summed E-state index contributed by atoms with van der Waals surface area (Å²) in [6, 6.07) is 11.2. The van der Waals surface area contributed by atoms with E-state index in [1.165, 1.54) is 115 Å². The molecule has 0 aliphatic carbocycles. The Morgan fingerprint density at radius 3 is 1.24 bits per heavy atom. The van der Waals surface area contributed by atoms with E-state index in [0.29, 0.717) is 98.2 Å². The first-order valence-electron chi connectivity index (χ1n) is 23.2. The largest absolute Gasteiger partial charge is 0.460 e. The lowest BCUT2D eigenvalue weighted by Gasteiger charge is -2.13. The third kappa shape index (κ3) is 31.9. The summed E-state index contributed by atoms with van der Waals surface area (Å²) >= 11 is 0. The van der Waals surface area contributed by atoms with Gasteiger partial charge in [-0.1, -0.05) is 121 Å². The van der Waals surface area contributed by atoms with Gasteiger partial charge >= 0.3 is 12.1 Å². The zero-order chi connectivity index (χ0) is 44.4. The van der Waals surface area contributed by atoms with Crippen molar-refractivity contribution in [1.29, 1.82) is 0 Å². The summed E-state index contributed by atoms with van der Waals surface area (Å²) in [6.07, 6.45) is 17.5. The van der Waals surface area contributed by atoms with Crippen molar-refractivity contribution in [3.63, 3.8) is 0 Å². The summed E-state index contributed by atoms with van der Waals surface area (Å²) in [4.78, 5) is 12.6. The van der Waals surface area contributed by atoms with Crippen LogP contribution in [0.25, 0.3) is 0 Å². The van der Waals surface area contributed by atoms with Gasteiger partial charge in [0.2, 0.25) is 0 Å². The number of alkyl halides is 3. The van der Waals surface area contributed by atoms with E-state index in [0.717, 1.165) is 25.2 Å². The average molecular weight is 886 g/mol. The Balaban J connectivity index is 1.23. The van der Waals surface area contributed by atoms with Crippen LogP contribution in [0.15, 0.2) is 48.5 Å². The quantitative estimate of drug-likeness (QED) is 0.0507. The van der Waals surface area contributed by atoms with Gasteiger partial charge in [0.15, 0.2) is 0 Å². The number of nitrogens with one attached hydrogen (secondary N) is 1. The number of halogens is 3. The first-order valence-corrected chi connectivity index (χ1v) is 23.2. The predicted molar refractivity (Wildman–Crippen MR) is 238 cm³/mol. The molecule has 0 bridgehead atoms. The number of esters is 1. The molecule has 2 aromatic rings. The Labute approximate surface area is 370 Å². The number of ether oxygens (including phenoxy) is 9. The highest BCUT2D eigenvalue weighted by molar-refractivity contribution is 5.96. The van der Waals surface area contributed by atoms with E-state index in [-0.39, 0.29) is 24.5 Å². The molecule has 0 heterocycles. The standard InChI is InChI=1S/C48H78F3NO10/c1-2-3-4-5-6-7-8-9-10-11-12-13-14-15-16-19-25-54-26-27-55-28-29-56-30-31-57-32-33-58-34-35-59-36-37-60-38-39-61-40-41-62-47(53)45-23-17-18-24-46(45)52-44-22-20-21-43(42-44)48(49,50)51/h17-18,20-24,42,52H,2-16,19,25-41H2,1H3. The van der Waals surface area contributed by atoms with Crippen molar-refractivity contribution in [2.75, 3.05) is 118 Å². The second-order valence-electron chi connectivity index (χ2n) is 15.1. The first-order chi connectivity index (χ1) is 30.4. The van der Waals surface area contributed by atoms with Crippen LogP contribution in [0.3, 0.4) is 0 Å². The van der Waals surface area contributed by atoms with Crippen LogP contribution in [-0.4, -0.2) is 118 Å². The van der Waals surface area contributed by atoms with E-state index in [1.807, 2.05) is 0 Å². The molecule has 0 fully saturated rings. The van der Waals surface area contributed by atoms with Crippen molar-refractivity contribution in [1.82, 2.24) is 0 Å². The van der Waals surface area contributed by atoms with Crippen LogP contribution < -0.4 is 5.32 Å². The molecule has 2 rings (SSSR count). The number of rotatable bonds is 44. The lowest BCUT2D eigenvalue weighted by Crippen LogP contribution is -2.16. The zero-order valence-corrected chi connectivity index (χ0v) is 37.7. The molecule has 2 aromatic carbocycles. The van der Waals surface area contributed by atoms with Gasteiger partial charge in [-0.15, -0.1) is 0 Å². The van der Waals surface area contributed by atoms with Crippen molar-refractivity contribution in [3.8, 4) is 0 Å². The Morgan fingerprint density at radius 1 is 0.452 bits per heavy atom. The molecule has 0 aromatic heterocycles. The Hall–Kier alpha value is -2.82. The highest BCUT2D eigenvalue weighted by Gasteiger charge is 2.30. The number of anilines is 2. The molecular formula is C48H78F3NO10. The molecule has 62 heavy (non-hydrogen) atoms. The molecule has 0 radical (unpaired) electrons. The highest BCUT2D eigenvalue weighted by Crippen LogP contribution is 2.32. The molecule has 14 heteroatoms. The minimum Gasteiger partial charge on any atom is -0.460 e. The summed E-state index contributed by atoms with van der Waals surface area (Å²) in [5.41, 5.74) is -0.0705. The van der Waals surface area contributed by atoms with Gasteiger partial charge in [-0.3, -0.25) is 0 Å². The second-order valence-corrected chi connectivity index (χ2v) is 15.1. The third-order valence-corrected chi connectivity index (χ3v) is 9.82. The number of hydrogen-bond donors (Lipinski definition) is 1. The fourth-order valence-corrected chi connectivity index (χ4v) is 6.36. The topological polar surface area (TPSA) is 112 Å². The van der Waals surface area contributed by atoms with Crippen LogP contribution in [0.4, 0.5) is 24.5 Å². The molecule has 0 aliphatic heterocycles. The maximum Gasteiger partial charge on any atom is 0.416 e. The minimum absolute atomic E-state index is 0.00426. The minimum atomic E-state index is -4.47. The lowest BCUT2D eigenvalue weighted by molar-refractivity contribution is -0.137. The summed E-state index contributed by atoms with van der Waals surface area (Å²) in [5, 5.41) is 2.87. The van der Waals surface area contributed by atoms with Gasteiger partial charge in [-0.05, 0) is 36.8 Å². The Kier molecular flexibility index (Phi) is 35.5. The molecule has 0 amide bonds. The van der Waals surface area contributed by atoms with Crippen LogP contribution in [0.2, 0.25) is 0 Å². The normalized spacial score (nSPS) is 11.7. The van der Waals surface area contributed by atoms with E-state index in [2.05, 4.69) is 12.2 Å². The average Bonchev–Trinajstić information content (AvgIpc) is 3.27. The Bertz CT molecular complexity index is 1320. The SMILES string of the molecule is CCCCCCCCCCCCCCCCCCOCCOCCOCCOCCOCCOCCOCCOCCOC(=O)c1ccccc1Nc1cccc(C(F)(F)F)c1. The molecule has 0 spiro atoms. The highest BCUT2D eigenvalue weighted by atomic mass is 19.4. The molecule has 11 nitrogen and oxygen atoms in total. The van der Waals surface area contributed by atoms with Gasteiger partial charge in [-0.2, -0.15) is 13.2 Å². The van der Waals surface area contributed by atoms with Crippen molar-refractivity contribution >= 4 is 17.3 Å². The molecule has 0 atom stereocenters. The summed E-state index contributed by atoms with van der Waals surface area (Å²) in [6.45, 7) is 9.86. The van der Waals surface area contributed by atoms with Crippen molar-refractivity contribution in [2.45, 2.75) is 116 Å². The lowest BCUT2D eigenvalue weighted by atomic mass is 10.0. The van der Waals surface area contributed by atoms with Gasteiger partial charge in [0.1, 0.15) is 6.61 Å². The van der Waals surface area contributed by atoms with Gasteiger partial charge < -0.3 is 47.9 Å². The molecule has 0 aliphatic rings. The third-order valence-electron chi connectivity index (χ3n) is 9.82. The van der Waals surface area contributed by atoms with Crippen LogP contribution >= 0.6 is 0 Å². The van der Waals surface area contributed by atoms with Crippen LogP contribution in [0.1, 0.15) is 126 Å². The monoisotopic (exact) mass is 886 g/mol. The maximum absolute atomic E-state index is 13.1. The van der Waals surface area contributed by atoms with Gasteiger partial charge in [0.05, 0.1) is 116 Å². The number of para-hydroxylation sites is 1. The number of carbonyl (C=O) groups is 1. The first kappa shape index (κ1) is 55.3. The van der Waals surface area contributed by atoms with E-state index in [4.69, 9.17) is 42.6 Å². The van der Waals surface area contributed by atoms with E-state index in [9.17, 15) is 18.0 Å². The van der Waals surface area contributed by atoms with Crippen LogP contribution in [0, 0.1) is 0 Å². The number of hydrogen-bond acceptors (Lipinski definition) is 11. The van der Waals surface area contributed by atoms with Crippen LogP contribution in [-0.2, 0) is 48.8 Å². The Morgan fingerprint density at radius 2 is 0.823 bits per heavy atom. The predicted octanol–water partition coefficient (Wildman–Crippen LogP) is 11.0. The van der Waals surface area contributed by atoms with Gasteiger partial charge in [0, 0.05) is 12.3 Å². The second kappa shape index (κ2) is 39.7. The summed E-state index contributed by atoms with van der Waals surface area (Å²) < 4.78 is 88.8. The maximum atomic E-state index is 13.1. The fraction of sp³-hybridized carbons (Fsp3) is 0.729. The van der Waals surface area contributed by atoms with Crippen molar-refractivity contribution in [3.05, 3.63) is 59.7 Å². The molecule has 356 valence electrons. The van der Waals surface area contributed by atoms with Gasteiger partial charge in [0.25, 0.3) is 0 Å². The molecule has 0 unspecified atom stereocenters. The number of carbonyl (C=O) groups excluding carboxylic acids is 1. The zero-order valence-electron chi connectivity index (χ0n) is 37.7. The van der Waals surface area contributed by atoms with Crippen molar-refractivity contribution in [2.24, 2.45) is 0 Å². The van der Waals surface area contributed by atoms with E-state index >= 15 is 0 Å². The number of unbranched alkanes of at least 4 members (excludes halogenated alkanes) is 15. The fourth-order valence-electron chi connectivity index (χ4n) is 6.36. The van der Waals surface area contributed by atoms with Crippen LogP contribution in [0.5, 0.6) is 0 Å². The molecule has 0 saturated carbocycles. The van der Waals surface area contributed by atoms with E-state index < -0.39 is 17.7 Å².